The molecule has 1 aliphatic heterocycles. The lowest BCUT2D eigenvalue weighted by atomic mass is 9.95. The van der Waals surface area contributed by atoms with Gasteiger partial charge in [-0.2, -0.15) is 0 Å². The topological polar surface area (TPSA) is 60.8 Å². The minimum atomic E-state index is -0.612. The normalized spacial score (nSPS) is 30.2. The lowest BCUT2D eigenvalue weighted by Crippen LogP contribution is -2.27. The van der Waals surface area contributed by atoms with E-state index in [2.05, 4.69) is 0 Å². The third-order valence-electron chi connectivity index (χ3n) is 5.93. The number of carbonyl (C=O) groups excluding carboxylic acids is 1. The van der Waals surface area contributed by atoms with Crippen LogP contribution in [0.25, 0.3) is 6.08 Å². The highest BCUT2D eigenvalue weighted by molar-refractivity contribution is 5.92. The molecular weight excluding hydrogens is 326 g/mol. The van der Waals surface area contributed by atoms with Crippen LogP contribution in [0.5, 0.6) is 0 Å². The molecule has 1 heterocycles. The zero-order valence-electron chi connectivity index (χ0n) is 14.5. The third-order valence-corrected chi connectivity index (χ3v) is 5.93. The van der Waals surface area contributed by atoms with Gasteiger partial charge in [-0.25, -0.2) is 0 Å². The number of hydrogen-bond donors (Lipinski definition) is 2. The first-order chi connectivity index (χ1) is 12.7. The van der Waals surface area contributed by atoms with Crippen molar-refractivity contribution in [2.24, 2.45) is 11.3 Å². The van der Waals surface area contributed by atoms with Crippen LogP contribution < -0.4 is 0 Å². The van der Waals surface area contributed by atoms with Crippen molar-refractivity contribution in [2.45, 2.75) is 12.0 Å². The molecule has 0 aromatic heterocycles. The van der Waals surface area contributed by atoms with E-state index in [1.165, 1.54) is 0 Å². The first kappa shape index (κ1) is 17.0. The van der Waals surface area contributed by atoms with Gasteiger partial charge in [-0.15, -0.1) is 0 Å². The quantitative estimate of drug-likeness (QED) is 0.833. The number of amides is 1. The molecule has 1 saturated carbocycles. The molecule has 1 amide bonds. The van der Waals surface area contributed by atoms with Crippen molar-refractivity contribution < 1.29 is 15.0 Å². The lowest BCUT2D eigenvalue weighted by Gasteiger charge is -2.15. The van der Waals surface area contributed by atoms with E-state index in [0.717, 1.165) is 11.1 Å². The molecule has 1 aliphatic carbocycles. The van der Waals surface area contributed by atoms with Crippen molar-refractivity contribution in [3.8, 4) is 0 Å². The smallest absolute Gasteiger partial charge is 0.246 e. The minimum Gasteiger partial charge on any atom is -0.396 e. The Labute approximate surface area is 153 Å². The van der Waals surface area contributed by atoms with Gasteiger partial charge in [0, 0.05) is 31.2 Å². The van der Waals surface area contributed by atoms with E-state index in [9.17, 15) is 15.0 Å². The summed E-state index contributed by atoms with van der Waals surface area (Å²) in [5, 5.41) is 20.6. The Hall–Kier alpha value is -2.43. The maximum absolute atomic E-state index is 12.6. The molecule has 0 radical (unpaired) electrons. The van der Waals surface area contributed by atoms with Gasteiger partial charge in [-0.3, -0.25) is 4.79 Å². The van der Waals surface area contributed by atoms with Gasteiger partial charge >= 0.3 is 0 Å². The van der Waals surface area contributed by atoms with Gasteiger partial charge in [-0.05, 0) is 29.0 Å². The predicted octanol–water partition coefficient (Wildman–Crippen LogP) is 2.30. The van der Waals surface area contributed by atoms with E-state index in [-0.39, 0.29) is 24.3 Å². The molecule has 2 aromatic rings. The number of aliphatic hydroxyl groups excluding tert-OH is 2. The number of likely N-dealkylation sites (tertiary alicyclic amines) is 1. The zero-order chi connectivity index (χ0) is 18.1. The number of hydrogen-bond acceptors (Lipinski definition) is 3. The summed E-state index contributed by atoms with van der Waals surface area (Å²) in [5.41, 5.74) is 1.67. The molecule has 26 heavy (non-hydrogen) atoms. The van der Waals surface area contributed by atoms with Gasteiger partial charge in [0.15, 0.2) is 0 Å². The van der Waals surface area contributed by atoms with Crippen LogP contribution in [-0.2, 0) is 4.79 Å². The van der Waals surface area contributed by atoms with E-state index in [4.69, 9.17) is 0 Å². The van der Waals surface area contributed by atoms with Crippen LogP contribution in [0, 0.1) is 11.3 Å². The van der Waals surface area contributed by atoms with Crippen LogP contribution in [-0.4, -0.2) is 46.8 Å². The molecule has 4 atom stereocenters. The summed E-state index contributed by atoms with van der Waals surface area (Å²) in [4.78, 5) is 14.3. The van der Waals surface area contributed by atoms with E-state index in [1.807, 2.05) is 60.7 Å². The number of nitrogens with zero attached hydrogens (tertiary/aromatic N) is 1. The second-order valence-electron chi connectivity index (χ2n) is 7.27. The highest BCUT2D eigenvalue weighted by Gasteiger charge is 2.71. The van der Waals surface area contributed by atoms with Crippen LogP contribution in [0.3, 0.4) is 0 Å². The molecule has 2 aliphatic rings. The van der Waals surface area contributed by atoms with Crippen LogP contribution in [0.4, 0.5) is 0 Å². The predicted molar refractivity (Wildman–Crippen MR) is 100 cm³/mol. The van der Waals surface area contributed by atoms with E-state index < -0.39 is 11.5 Å². The number of aliphatic hydroxyl groups is 2. The molecule has 0 unspecified atom stereocenters. The molecular formula is C22H23NO3. The fourth-order valence-electron chi connectivity index (χ4n) is 4.57. The van der Waals surface area contributed by atoms with E-state index >= 15 is 0 Å². The summed E-state index contributed by atoms with van der Waals surface area (Å²) in [6.07, 6.45) is 2.75. The van der Waals surface area contributed by atoms with Crippen LogP contribution in [0.15, 0.2) is 66.7 Å². The minimum absolute atomic E-state index is 0.00389. The molecule has 2 N–H and O–H groups in total. The van der Waals surface area contributed by atoms with Crippen LogP contribution >= 0.6 is 0 Å². The van der Waals surface area contributed by atoms with Crippen LogP contribution in [0.1, 0.15) is 17.0 Å². The summed E-state index contributed by atoms with van der Waals surface area (Å²) in [5.74, 6) is -0.00409. The van der Waals surface area contributed by atoms with E-state index in [0.29, 0.717) is 13.1 Å². The molecule has 4 rings (SSSR count). The Balaban J connectivity index is 1.51. The van der Waals surface area contributed by atoms with Crippen molar-refractivity contribution in [1.82, 2.24) is 4.90 Å². The number of benzene rings is 2. The Morgan fingerprint density at radius 3 is 2.42 bits per heavy atom. The van der Waals surface area contributed by atoms with Gasteiger partial charge in [0.1, 0.15) is 0 Å². The summed E-state index contributed by atoms with van der Waals surface area (Å²) in [6.45, 7) is 0.827. The molecule has 2 aromatic carbocycles. The SMILES string of the molecule is O=C(C=Cc1ccccc1)N1C[C@@H](O)[C@@]2(C1)[C@H](CO)[C@H]2c1ccccc1. The monoisotopic (exact) mass is 349 g/mol. The molecule has 2 fully saturated rings. The second-order valence-corrected chi connectivity index (χ2v) is 7.27. The van der Waals surface area contributed by atoms with Gasteiger partial charge in [0.05, 0.1) is 6.10 Å². The standard InChI is InChI=1S/C22H23NO3/c24-14-18-21(17-9-5-2-6-10-17)22(18)15-23(13-19(22)25)20(26)12-11-16-7-3-1-4-8-16/h1-12,18-19,21,24-25H,13-15H2/t18-,19-,21-,22-/m1/s1. The van der Waals surface area contributed by atoms with Gasteiger partial charge in [0.25, 0.3) is 0 Å². The van der Waals surface area contributed by atoms with Gasteiger partial charge < -0.3 is 15.1 Å². The Morgan fingerprint density at radius 1 is 1.12 bits per heavy atom. The second kappa shape index (κ2) is 6.71. The lowest BCUT2D eigenvalue weighted by molar-refractivity contribution is -0.125. The highest BCUT2D eigenvalue weighted by atomic mass is 16.3. The fourth-order valence-corrected chi connectivity index (χ4v) is 4.57. The average Bonchev–Trinajstić information content (AvgIpc) is 3.22. The molecule has 134 valence electrons. The van der Waals surface area contributed by atoms with Gasteiger partial charge in [-0.1, -0.05) is 60.7 Å². The van der Waals surface area contributed by atoms with Crippen molar-refractivity contribution in [3.05, 3.63) is 77.9 Å². The zero-order valence-corrected chi connectivity index (χ0v) is 14.5. The van der Waals surface area contributed by atoms with Crippen molar-refractivity contribution >= 4 is 12.0 Å². The maximum Gasteiger partial charge on any atom is 0.246 e. The molecule has 1 spiro atoms. The maximum atomic E-state index is 12.6. The summed E-state index contributed by atoms with van der Waals surface area (Å²) in [7, 11) is 0. The molecule has 4 nitrogen and oxygen atoms in total. The third kappa shape index (κ3) is 2.75. The fraction of sp³-hybridized carbons (Fsp3) is 0.318. The highest BCUT2D eigenvalue weighted by Crippen LogP contribution is 2.68. The molecule has 1 saturated heterocycles. The molecule has 4 heteroatoms. The average molecular weight is 349 g/mol. The summed E-state index contributed by atoms with van der Waals surface area (Å²) >= 11 is 0. The number of rotatable bonds is 4. The van der Waals surface area contributed by atoms with Crippen molar-refractivity contribution in [3.63, 3.8) is 0 Å². The summed E-state index contributed by atoms with van der Waals surface area (Å²) in [6, 6.07) is 19.7. The Kier molecular flexibility index (Phi) is 4.39. The molecule has 0 bridgehead atoms. The largest absolute Gasteiger partial charge is 0.396 e. The Bertz CT molecular complexity index is 805. The van der Waals surface area contributed by atoms with Crippen molar-refractivity contribution in [1.29, 1.82) is 0 Å². The first-order valence-corrected chi connectivity index (χ1v) is 9.02. The van der Waals surface area contributed by atoms with Crippen molar-refractivity contribution in [2.75, 3.05) is 19.7 Å². The Morgan fingerprint density at radius 2 is 1.77 bits per heavy atom. The number of β-amino-alcohol motifs (C(OH)–C–C–N with tert-alkyl or cyclic N) is 1. The van der Waals surface area contributed by atoms with Crippen LogP contribution in [0.2, 0.25) is 0 Å². The summed E-state index contributed by atoms with van der Waals surface area (Å²) < 4.78 is 0. The van der Waals surface area contributed by atoms with E-state index in [1.54, 1.807) is 17.1 Å². The first-order valence-electron chi connectivity index (χ1n) is 9.02. The van der Waals surface area contributed by atoms with Gasteiger partial charge in [0.2, 0.25) is 5.91 Å². The number of carbonyl (C=O) groups is 1.